The standard InChI is InChI=1S/C17H28N2O/c1-3-11-18-16-5-4-12-19(14-16)13-10-15-6-8-17(20-2)9-7-15/h6-9,16,18H,3-5,10-14H2,1-2H3. The predicted octanol–water partition coefficient (Wildman–Crippen LogP) is 2.70. The van der Waals surface area contributed by atoms with Crippen LogP contribution in [0.15, 0.2) is 24.3 Å². The molecule has 1 heterocycles. The Balaban J connectivity index is 1.74. The van der Waals surface area contributed by atoms with E-state index in [0.29, 0.717) is 6.04 Å². The van der Waals surface area contributed by atoms with Crippen LogP contribution in [0, 0.1) is 0 Å². The molecule has 112 valence electrons. The Hall–Kier alpha value is -1.06. The molecule has 1 aliphatic rings. The van der Waals surface area contributed by atoms with E-state index in [1.54, 1.807) is 7.11 Å². The van der Waals surface area contributed by atoms with Crippen LogP contribution in [0.3, 0.4) is 0 Å². The van der Waals surface area contributed by atoms with Crippen molar-refractivity contribution in [3.8, 4) is 5.75 Å². The van der Waals surface area contributed by atoms with Crippen LogP contribution in [0.5, 0.6) is 5.75 Å². The Morgan fingerprint density at radius 2 is 2.10 bits per heavy atom. The largest absolute Gasteiger partial charge is 0.497 e. The second-order valence-electron chi connectivity index (χ2n) is 5.69. The van der Waals surface area contributed by atoms with Gasteiger partial charge in [-0.2, -0.15) is 0 Å². The first-order valence-electron chi connectivity index (χ1n) is 7.90. The summed E-state index contributed by atoms with van der Waals surface area (Å²) in [4.78, 5) is 2.60. The average molecular weight is 276 g/mol. The Labute approximate surface area is 123 Å². The monoisotopic (exact) mass is 276 g/mol. The van der Waals surface area contributed by atoms with E-state index in [9.17, 15) is 0 Å². The summed E-state index contributed by atoms with van der Waals surface area (Å²) >= 11 is 0. The van der Waals surface area contributed by atoms with Crippen LogP contribution < -0.4 is 10.1 Å². The minimum absolute atomic E-state index is 0.694. The summed E-state index contributed by atoms with van der Waals surface area (Å²) in [5.74, 6) is 0.940. The summed E-state index contributed by atoms with van der Waals surface area (Å²) in [5.41, 5.74) is 1.40. The van der Waals surface area contributed by atoms with E-state index in [-0.39, 0.29) is 0 Å². The van der Waals surface area contributed by atoms with Crippen molar-refractivity contribution in [1.82, 2.24) is 10.2 Å². The summed E-state index contributed by atoms with van der Waals surface area (Å²) in [6.45, 7) is 7.00. The van der Waals surface area contributed by atoms with Gasteiger partial charge in [0.1, 0.15) is 5.75 Å². The number of nitrogens with one attached hydrogen (secondary N) is 1. The van der Waals surface area contributed by atoms with Crippen molar-refractivity contribution in [3.05, 3.63) is 29.8 Å². The Bertz CT molecular complexity index is 377. The first-order chi connectivity index (χ1) is 9.81. The highest BCUT2D eigenvalue weighted by molar-refractivity contribution is 5.27. The van der Waals surface area contributed by atoms with E-state index in [4.69, 9.17) is 4.74 Å². The van der Waals surface area contributed by atoms with Crippen LogP contribution in [-0.4, -0.2) is 44.2 Å². The van der Waals surface area contributed by atoms with Crippen LogP contribution in [0.4, 0.5) is 0 Å². The number of hydrogen-bond acceptors (Lipinski definition) is 3. The number of nitrogens with zero attached hydrogens (tertiary/aromatic N) is 1. The minimum atomic E-state index is 0.694. The maximum Gasteiger partial charge on any atom is 0.118 e. The molecule has 0 aliphatic carbocycles. The van der Waals surface area contributed by atoms with Gasteiger partial charge in [0, 0.05) is 19.1 Å². The first kappa shape index (κ1) is 15.3. The number of benzene rings is 1. The molecule has 1 N–H and O–H groups in total. The maximum atomic E-state index is 5.20. The minimum Gasteiger partial charge on any atom is -0.497 e. The van der Waals surface area contributed by atoms with Crippen LogP contribution in [0.2, 0.25) is 0 Å². The zero-order valence-electron chi connectivity index (χ0n) is 12.9. The van der Waals surface area contributed by atoms with Crippen LogP contribution in [-0.2, 0) is 6.42 Å². The summed E-state index contributed by atoms with van der Waals surface area (Å²) in [6.07, 6.45) is 5.01. The highest BCUT2D eigenvalue weighted by Gasteiger charge is 2.18. The number of rotatable bonds is 7. The molecule has 1 fully saturated rings. The van der Waals surface area contributed by atoms with Gasteiger partial charge in [-0.1, -0.05) is 19.1 Å². The molecule has 1 saturated heterocycles. The van der Waals surface area contributed by atoms with Crippen molar-refractivity contribution in [2.24, 2.45) is 0 Å². The second-order valence-corrected chi connectivity index (χ2v) is 5.69. The van der Waals surface area contributed by atoms with Gasteiger partial charge < -0.3 is 15.0 Å². The molecule has 1 aliphatic heterocycles. The van der Waals surface area contributed by atoms with Crippen LogP contribution >= 0.6 is 0 Å². The lowest BCUT2D eigenvalue weighted by atomic mass is 10.0. The van der Waals surface area contributed by atoms with Crippen molar-refractivity contribution in [2.75, 3.05) is 33.3 Å². The zero-order valence-corrected chi connectivity index (χ0v) is 12.9. The van der Waals surface area contributed by atoms with Gasteiger partial charge in [0.2, 0.25) is 0 Å². The molecule has 1 aromatic carbocycles. The van der Waals surface area contributed by atoms with Gasteiger partial charge in [-0.3, -0.25) is 0 Å². The van der Waals surface area contributed by atoms with Gasteiger partial charge in [0.25, 0.3) is 0 Å². The number of hydrogen-bond donors (Lipinski definition) is 1. The molecule has 2 rings (SSSR count). The molecule has 1 atom stereocenters. The predicted molar refractivity (Wildman–Crippen MR) is 84.5 cm³/mol. The molecular weight excluding hydrogens is 248 g/mol. The molecule has 0 saturated carbocycles. The van der Waals surface area contributed by atoms with Crippen molar-refractivity contribution in [1.29, 1.82) is 0 Å². The molecule has 3 heteroatoms. The fourth-order valence-corrected chi connectivity index (χ4v) is 2.85. The van der Waals surface area contributed by atoms with E-state index in [2.05, 4.69) is 41.4 Å². The van der Waals surface area contributed by atoms with E-state index in [0.717, 1.165) is 25.3 Å². The van der Waals surface area contributed by atoms with Crippen molar-refractivity contribution in [3.63, 3.8) is 0 Å². The third-order valence-electron chi connectivity index (χ3n) is 4.06. The van der Waals surface area contributed by atoms with Gasteiger partial charge >= 0.3 is 0 Å². The lowest BCUT2D eigenvalue weighted by Crippen LogP contribution is -2.46. The molecule has 0 bridgehead atoms. The number of likely N-dealkylation sites (tertiary alicyclic amines) is 1. The molecule has 3 nitrogen and oxygen atoms in total. The topological polar surface area (TPSA) is 24.5 Å². The summed E-state index contributed by atoms with van der Waals surface area (Å²) in [6, 6.07) is 9.15. The average Bonchev–Trinajstić information content (AvgIpc) is 2.52. The molecule has 0 amide bonds. The SMILES string of the molecule is CCCNC1CCCN(CCc2ccc(OC)cc2)C1. The lowest BCUT2D eigenvalue weighted by Gasteiger charge is -2.33. The Kier molecular flexibility index (Phi) is 6.34. The molecule has 0 aromatic heterocycles. The van der Waals surface area contributed by atoms with Gasteiger partial charge in [-0.05, 0) is 56.5 Å². The number of methoxy groups -OCH3 is 1. The van der Waals surface area contributed by atoms with Crippen molar-refractivity contribution < 1.29 is 4.74 Å². The van der Waals surface area contributed by atoms with Crippen molar-refractivity contribution in [2.45, 2.75) is 38.6 Å². The second kappa shape index (κ2) is 8.28. The Morgan fingerprint density at radius 3 is 2.80 bits per heavy atom. The van der Waals surface area contributed by atoms with Gasteiger partial charge in [-0.15, -0.1) is 0 Å². The Morgan fingerprint density at radius 1 is 1.30 bits per heavy atom. The van der Waals surface area contributed by atoms with Crippen molar-refractivity contribution >= 4 is 0 Å². The molecule has 1 aromatic rings. The molecular formula is C17H28N2O. The van der Waals surface area contributed by atoms with E-state index in [1.165, 1.54) is 37.9 Å². The first-order valence-corrected chi connectivity index (χ1v) is 7.90. The fourth-order valence-electron chi connectivity index (χ4n) is 2.85. The van der Waals surface area contributed by atoms with E-state index >= 15 is 0 Å². The quantitative estimate of drug-likeness (QED) is 0.828. The highest BCUT2D eigenvalue weighted by atomic mass is 16.5. The van der Waals surface area contributed by atoms with Crippen LogP contribution in [0.25, 0.3) is 0 Å². The fraction of sp³-hybridized carbons (Fsp3) is 0.647. The summed E-state index contributed by atoms with van der Waals surface area (Å²) < 4.78 is 5.20. The smallest absolute Gasteiger partial charge is 0.118 e. The van der Waals surface area contributed by atoms with Gasteiger partial charge in [0.05, 0.1) is 7.11 Å². The molecule has 0 spiro atoms. The molecule has 0 radical (unpaired) electrons. The third kappa shape index (κ3) is 4.80. The highest BCUT2D eigenvalue weighted by Crippen LogP contribution is 2.14. The normalized spacial score (nSPS) is 20.0. The number of piperidine rings is 1. The lowest BCUT2D eigenvalue weighted by molar-refractivity contribution is 0.193. The zero-order chi connectivity index (χ0) is 14.2. The maximum absolute atomic E-state index is 5.20. The third-order valence-corrected chi connectivity index (χ3v) is 4.06. The van der Waals surface area contributed by atoms with Crippen LogP contribution in [0.1, 0.15) is 31.7 Å². The van der Waals surface area contributed by atoms with E-state index < -0.39 is 0 Å². The molecule has 20 heavy (non-hydrogen) atoms. The number of ether oxygens (including phenoxy) is 1. The van der Waals surface area contributed by atoms with E-state index in [1.807, 2.05) is 0 Å². The summed E-state index contributed by atoms with van der Waals surface area (Å²) in [5, 5.41) is 3.66. The molecule has 1 unspecified atom stereocenters. The summed E-state index contributed by atoms with van der Waals surface area (Å²) in [7, 11) is 1.71. The van der Waals surface area contributed by atoms with Gasteiger partial charge in [0.15, 0.2) is 0 Å². The van der Waals surface area contributed by atoms with Gasteiger partial charge in [-0.25, -0.2) is 0 Å².